The van der Waals surface area contributed by atoms with Crippen LogP contribution in [-0.2, 0) is 4.74 Å². The maximum absolute atomic E-state index is 12.5. The van der Waals surface area contributed by atoms with E-state index in [-0.39, 0.29) is 11.3 Å². The number of nitrogens with one attached hydrogen (secondary N) is 1. The Bertz CT molecular complexity index is 986. The number of amides is 1. The molecule has 0 aliphatic heterocycles. The first-order valence-corrected chi connectivity index (χ1v) is 9.05. The number of hydrogen-bond donors (Lipinski definition) is 2. The number of carbonyl (C=O) groups is 2. The molecule has 1 atom stereocenters. The number of nitrogens with zero attached hydrogens (tertiary/aromatic N) is 2. The molecule has 1 aromatic heterocycles. The number of anilines is 1. The van der Waals surface area contributed by atoms with Crippen molar-refractivity contribution in [1.29, 1.82) is 0 Å². The third-order valence-electron chi connectivity index (χ3n) is 3.82. The lowest BCUT2D eigenvalue weighted by Gasteiger charge is -2.12. The predicted octanol–water partition coefficient (Wildman–Crippen LogP) is 3.07. The first-order valence-electron chi connectivity index (χ1n) is 7.97. The van der Waals surface area contributed by atoms with Crippen molar-refractivity contribution in [2.75, 3.05) is 12.4 Å². The third-order valence-corrected chi connectivity index (χ3v) is 4.49. The number of carbonyl (C=O) groups excluding carboxylic acids is 2. The van der Waals surface area contributed by atoms with Crippen LogP contribution in [0.2, 0.25) is 0 Å². The fourth-order valence-electron chi connectivity index (χ4n) is 2.48. The van der Waals surface area contributed by atoms with E-state index in [0.29, 0.717) is 11.3 Å². The highest BCUT2D eigenvalue weighted by molar-refractivity contribution is 14.1. The van der Waals surface area contributed by atoms with Gasteiger partial charge < -0.3 is 15.2 Å². The molecule has 138 valence electrons. The normalized spacial score (nSPS) is 11.7. The van der Waals surface area contributed by atoms with Crippen LogP contribution in [0, 0.1) is 3.57 Å². The molecule has 2 N–H and O–H groups in total. The number of aromatic nitrogens is 2. The number of rotatable bonds is 5. The molecule has 0 bridgehead atoms. The van der Waals surface area contributed by atoms with Gasteiger partial charge in [-0.05, 0) is 52.9 Å². The molecule has 3 aromatic rings. The molecule has 0 unspecified atom stereocenters. The average Bonchev–Trinajstić information content (AvgIpc) is 3.17. The van der Waals surface area contributed by atoms with Gasteiger partial charge in [0.15, 0.2) is 11.9 Å². The summed E-state index contributed by atoms with van der Waals surface area (Å²) in [6.45, 7) is 0. The standard InChI is InChI=1S/C19H16IN3O4/c1-27-19(26)14-7-2-3-8-15(14)21-17(24)16-9-10-23(22-16)18(25)12-5-4-6-13(20)11-12/h2-11,18,25H,1H3,(H,21,24)/t18-/m0/s1. The summed E-state index contributed by atoms with van der Waals surface area (Å²) in [7, 11) is 1.27. The zero-order valence-corrected chi connectivity index (χ0v) is 16.5. The molecule has 1 amide bonds. The van der Waals surface area contributed by atoms with E-state index in [1.807, 2.05) is 18.2 Å². The number of halogens is 1. The number of benzene rings is 2. The number of methoxy groups -OCH3 is 1. The van der Waals surface area contributed by atoms with Crippen LogP contribution >= 0.6 is 22.6 Å². The topological polar surface area (TPSA) is 93.5 Å². The summed E-state index contributed by atoms with van der Waals surface area (Å²) in [4.78, 5) is 24.3. The number of aliphatic hydroxyl groups excluding tert-OH is 1. The van der Waals surface area contributed by atoms with E-state index in [1.54, 1.807) is 30.3 Å². The fraction of sp³-hybridized carbons (Fsp3) is 0.105. The molecule has 1 heterocycles. The molecule has 0 aliphatic carbocycles. The van der Waals surface area contributed by atoms with E-state index >= 15 is 0 Å². The first-order chi connectivity index (χ1) is 13.0. The summed E-state index contributed by atoms with van der Waals surface area (Å²) in [6.07, 6.45) is 0.509. The number of hydrogen-bond acceptors (Lipinski definition) is 5. The highest BCUT2D eigenvalue weighted by Gasteiger charge is 2.18. The van der Waals surface area contributed by atoms with Gasteiger partial charge in [0, 0.05) is 15.3 Å². The van der Waals surface area contributed by atoms with Crippen LogP contribution < -0.4 is 5.32 Å². The molecule has 0 aliphatic rings. The van der Waals surface area contributed by atoms with E-state index < -0.39 is 18.1 Å². The Balaban J connectivity index is 1.79. The molecule has 0 spiro atoms. The van der Waals surface area contributed by atoms with Crippen molar-refractivity contribution in [1.82, 2.24) is 9.78 Å². The average molecular weight is 477 g/mol. The Hall–Kier alpha value is -2.72. The lowest BCUT2D eigenvalue weighted by molar-refractivity contribution is 0.0602. The number of para-hydroxylation sites is 1. The lowest BCUT2D eigenvalue weighted by atomic mass is 10.1. The number of ether oxygens (including phenoxy) is 1. The van der Waals surface area contributed by atoms with Gasteiger partial charge in [0.05, 0.1) is 18.4 Å². The van der Waals surface area contributed by atoms with Crippen molar-refractivity contribution in [3.63, 3.8) is 0 Å². The Morgan fingerprint density at radius 2 is 1.96 bits per heavy atom. The molecular weight excluding hydrogens is 461 g/mol. The van der Waals surface area contributed by atoms with Crippen LogP contribution in [-0.4, -0.2) is 33.9 Å². The predicted molar refractivity (Wildman–Crippen MR) is 107 cm³/mol. The van der Waals surface area contributed by atoms with E-state index in [4.69, 9.17) is 4.74 Å². The quantitative estimate of drug-likeness (QED) is 0.436. The van der Waals surface area contributed by atoms with Gasteiger partial charge in [-0.2, -0.15) is 5.10 Å². The Morgan fingerprint density at radius 3 is 2.70 bits per heavy atom. The minimum Gasteiger partial charge on any atom is -0.465 e. The van der Waals surface area contributed by atoms with Gasteiger partial charge in [-0.1, -0.05) is 24.3 Å². The zero-order valence-electron chi connectivity index (χ0n) is 14.3. The second-order valence-electron chi connectivity index (χ2n) is 5.60. The maximum Gasteiger partial charge on any atom is 0.339 e. The van der Waals surface area contributed by atoms with Gasteiger partial charge in [0.1, 0.15) is 0 Å². The molecular formula is C19H16IN3O4. The monoisotopic (exact) mass is 477 g/mol. The number of aliphatic hydroxyl groups is 1. The van der Waals surface area contributed by atoms with Crippen LogP contribution in [0.5, 0.6) is 0 Å². The van der Waals surface area contributed by atoms with Crippen molar-refractivity contribution in [3.8, 4) is 0 Å². The molecule has 2 aromatic carbocycles. The highest BCUT2D eigenvalue weighted by atomic mass is 127. The summed E-state index contributed by atoms with van der Waals surface area (Å²) >= 11 is 2.16. The van der Waals surface area contributed by atoms with Crippen molar-refractivity contribution in [2.45, 2.75) is 6.23 Å². The minimum absolute atomic E-state index is 0.111. The van der Waals surface area contributed by atoms with Crippen LogP contribution in [0.3, 0.4) is 0 Å². The van der Waals surface area contributed by atoms with E-state index in [0.717, 1.165) is 3.57 Å². The van der Waals surface area contributed by atoms with Crippen molar-refractivity contribution in [3.05, 3.63) is 81.2 Å². The van der Waals surface area contributed by atoms with E-state index in [2.05, 4.69) is 33.0 Å². The lowest BCUT2D eigenvalue weighted by Crippen LogP contribution is -2.17. The van der Waals surface area contributed by atoms with Crippen LogP contribution in [0.15, 0.2) is 60.8 Å². The van der Waals surface area contributed by atoms with Crippen molar-refractivity contribution in [2.24, 2.45) is 0 Å². The summed E-state index contributed by atoms with van der Waals surface area (Å²) in [5, 5.41) is 17.2. The Kier molecular flexibility index (Phi) is 5.87. The summed E-state index contributed by atoms with van der Waals surface area (Å²) < 4.78 is 6.99. The molecule has 0 saturated carbocycles. The first kappa shape index (κ1) is 19.1. The van der Waals surface area contributed by atoms with E-state index in [9.17, 15) is 14.7 Å². The molecule has 7 nitrogen and oxygen atoms in total. The fourth-order valence-corrected chi connectivity index (χ4v) is 3.05. The Labute approximate surface area is 169 Å². The van der Waals surface area contributed by atoms with Gasteiger partial charge in [-0.15, -0.1) is 0 Å². The maximum atomic E-state index is 12.5. The van der Waals surface area contributed by atoms with Gasteiger partial charge in [-0.25, -0.2) is 9.48 Å². The van der Waals surface area contributed by atoms with Crippen LogP contribution in [0.4, 0.5) is 5.69 Å². The molecule has 3 rings (SSSR count). The van der Waals surface area contributed by atoms with Crippen molar-refractivity contribution < 1.29 is 19.4 Å². The molecule has 0 radical (unpaired) electrons. The smallest absolute Gasteiger partial charge is 0.339 e. The molecule has 0 fully saturated rings. The second kappa shape index (κ2) is 8.31. The second-order valence-corrected chi connectivity index (χ2v) is 6.85. The van der Waals surface area contributed by atoms with Crippen LogP contribution in [0.25, 0.3) is 0 Å². The minimum atomic E-state index is -1.01. The summed E-state index contributed by atoms with van der Waals surface area (Å²) in [5.41, 5.74) is 1.33. The Morgan fingerprint density at radius 1 is 1.19 bits per heavy atom. The number of esters is 1. The summed E-state index contributed by atoms with van der Waals surface area (Å²) in [5.74, 6) is -1.05. The van der Waals surface area contributed by atoms with Gasteiger partial charge in [0.2, 0.25) is 0 Å². The van der Waals surface area contributed by atoms with Gasteiger partial charge in [-0.3, -0.25) is 4.79 Å². The summed E-state index contributed by atoms with van der Waals surface area (Å²) in [6, 6.07) is 15.4. The van der Waals surface area contributed by atoms with Gasteiger partial charge in [0.25, 0.3) is 5.91 Å². The van der Waals surface area contributed by atoms with E-state index in [1.165, 1.54) is 24.1 Å². The van der Waals surface area contributed by atoms with Crippen LogP contribution in [0.1, 0.15) is 32.6 Å². The molecule has 8 heteroatoms. The SMILES string of the molecule is COC(=O)c1ccccc1NC(=O)c1ccn([C@@H](O)c2cccc(I)c2)n1. The molecule has 0 saturated heterocycles. The van der Waals surface area contributed by atoms with Gasteiger partial charge >= 0.3 is 5.97 Å². The zero-order chi connectivity index (χ0) is 19.4. The molecule has 27 heavy (non-hydrogen) atoms. The third kappa shape index (κ3) is 4.34. The van der Waals surface area contributed by atoms with Crippen molar-refractivity contribution >= 4 is 40.2 Å². The highest BCUT2D eigenvalue weighted by Crippen LogP contribution is 2.19. The largest absolute Gasteiger partial charge is 0.465 e.